The number of nitrogens with zero attached hydrogens (tertiary/aromatic N) is 4. The first-order valence-corrected chi connectivity index (χ1v) is 11.6. The van der Waals surface area contributed by atoms with Crippen molar-refractivity contribution in [3.63, 3.8) is 0 Å². The number of piperazine rings is 1. The van der Waals surface area contributed by atoms with E-state index in [0.29, 0.717) is 39.4 Å². The predicted octanol–water partition coefficient (Wildman–Crippen LogP) is 3.77. The second-order valence-electron chi connectivity index (χ2n) is 8.52. The number of amides is 1. The molecule has 0 spiro atoms. The fourth-order valence-corrected chi connectivity index (χ4v) is 5.45. The number of hydrogen-bond donors (Lipinski definition) is 2. The molecule has 172 valence electrons. The predicted molar refractivity (Wildman–Crippen MR) is 129 cm³/mol. The van der Waals surface area contributed by atoms with Gasteiger partial charge in [-0.1, -0.05) is 11.3 Å². The van der Waals surface area contributed by atoms with Crippen molar-refractivity contribution in [2.75, 3.05) is 30.4 Å². The van der Waals surface area contributed by atoms with E-state index in [1.807, 2.05) is 6.07 Å². The molecule has 2 N–H and O–H groups in total. The van der Waals surface area contributed by atoms with Gasteiger partial charge >= 0.3 is 0 Å². The van der Waals surface area contributed by atoms with Crippen LogP contribution in [0.5, 0.6) is 5.19 Å². The van der Waals surface area contributed by atoms with E-state index in [4.69, 9.17) is 4.74 Å². The van der Waals surface area contributed by atoms with Gasteiger partial charge in [0.2, 0.25) is 0 Å². The van der Waals surface area contributed by atoms with Gasteiger partial charge in [-0.25, -0.2) is 9.37 Å². The third kappa shape index (κ3) is 4.00. The van der Waals surface area contributed by atoms with E-state index in [0.717, 1.165) is 23.5 Å². The number of halogens is 1. The number of benzene rings is 2. The molecule has 2 atom stereocenters. The van der Waals surface area contributed by atoms with Crippen LogP contribution in [0, 0.1) is 5.82 Å². The van der Waals surface area contributed by atoms with Gasteiger partial charge in [0, 0.05) is 49.5 Å². The van der Waals surface area contributed by atoms with Crippen LogP contribution in [-0.2, 0) is 7.05 Å². The average Bonchev–Trinajstić information content (AvgIpc) is 3.35. The van der Waals surface area contributed by atoms with E-state index in [9.17, 15) is 9.18 Å². The van der Waals surface area contributed by atoms with E-state index >= 15 is 0 Å². The third-order valence-electron chi connectivity index (χ3n) is 5.76. The van der Waals surface area contributed by atoms with Crippen molar-refractivity contribution in [2.24, 2.45) is 7.05 Å². The summed E-state index contributed by atoms with van der Waals surface area (Å²) in [6, 6.07) is 7.43. The zero-order chi connectivity index (χ0) is 23.3. The lowest BCUT2D eigenvalue weighted by molar-refractivity contribution is 0.102. The molecule has 2 aromatic carbocycles. The molecule has 33 heavy (non-hydrogen) atoms. The largest absolute Gasteiger partial charge is 0.473 e. The average molecular weight is 469 g/mol. The molecule has 0 bridgehead atoms. The van der Waals surface area contributed by atoms with E-state index < -0.39 is 5.82 Å². The lowest BCUT2D eigenvalue weighted by Crippen LogP contribution is -2.54. The molecule has 1 amide bonds. The Kier molecular flexibility index (Phi) is 5.41. The Labute approximate surface area is 194 Å². The molecule has 1 saturated heterocycles. The minimum absolute atomic E-state index is 0.269. The zero-order valence-electron chi connectivity index (χ0n) is 18.8. The third-order valence-corrected chi connectivity index (χ3v) is 6.79. The van der Waals surface area contributed by atoms with Crippen LogP contribution >= 0.6 is 11.3 Å². The highest BCUT2D eigenvalue weighted by molar-refractivity contribution is 7.21. The SMILES string of the molecule is COc1nc2c(C(=O)Nc3cc(F)c4nn(C)cc4c3)ccc(N3C[C@@H](C)N[C@@H](C)C3)c2s1. The van der Waals surface area contributed by atoms with Gasteiger partial charge in [0.15, 0.2) is 5.82 Å². The highest BCUT2D eigenvalue weighted by atomic mass is 32.1. The molecule has 0 saturated carbocycles. The summed E-state index contributed by atoms with van der Waals surface area (Å²) in [6.07, 6.45) is 1.71. The summed E-state index contributed by atoms with van der Waals surface area (Å²) >= 11 is 1.42. The minimum Gasteiger partial charge on any atom is -0.473 e. The molecular formula is C23H25FN6O2S. The molecule has 1 aliphatic rings. The molecule has 0 radical (unpaired) electrons. The number of anilines is 2. The number of fused-ring (bicyclic) bond motifs is 2. The first-order valence-electron chi connectivity index (χ1n) is 10.7. The smallest absolute Gasteiger partial charge is 0.274 e. The fourth-order valence-electron chi connectivity index (χ4n) is 4.50. The van der Waals surface area contributed by atoms with E-state index in [1.54, 1.807) is 37.2 Å². The molecule has 5 rings (SSSR count). The molecule has 1 aliphatic heterocycles. The topological polar surface area (TPSA) is 84.3 Å². The van der Waals surface area contributed by atoms with Crippen LogP contribution in [0.3, 0.4) is 0 Å². The van der Waals surface area contributed by atoms with E-state index in [2.05, 4.69) is 39.5 Å². The molecule has 4 aromatic rings. The van der Waals surface area contributed by atoms with Crippen LogP contribution in [0.15, 0.2) is 30.5 Å². The standard InChI is InChI=1S/C23H25FN6O2S/c1-12-9-30(10-13(2)25-12)18-6-5-16(20-21(18)33-23(27-20)32-4)22(31)26-15-7-14-11-29(3)28-19(14)17(24)8-15/h5-8,11-13,25H,9-10H2,1-4H3,(H,26,31)/t12-,13+. The van der Waals surface area contributed by atoms with E-state index in [-0.39, 0.29) is 11.4 Å². The van der Waals surface area contributed by atoms with Crippen molar-refractivity contribution in [3.8, 4) is 5.19 Å². The Bertz CT molecular complexity index is 1360. The van der Waals surface area contributed by atoms with Crippen LogP contribution in [-0.4, -0.2) is 53.0 Å². The Morgan fingerprint density at radius 3 is 2.73 bits per heavy atom. The Morgan fingerprint density at radius 1 is 1.24 bits per heavy atom. The number of hydrogen-bond acceptors (Lipinski definition) is 7. The summed E-state index contributed by atoms with van der Waals surface area (Å²) in [5.41, 5.74) is 2.66. The second-order valence-corrected chi connectivity index (χ2v) is 9.48. The van der Waals surface area contributed by atoms with Crippen LogP contribution in [0.2, 0.25) is 0 Å². The highest BCUT2D eigenvalue weighted by Crippen LogP contribution is 2.38. The molecular weight excluding hydrogens is 443 g/mol. The number of aromatic nitrogens is 3. The first-order chi connectivity index (χ1) is 15.8. The second kappa shape index (κ2) is 8.27. The number of rotatable bonds is 4. The van der Waals surface area contributed by atoms with Crippen molar-refractivity contribution in [3.05, 3.63) is 41.8 Å². The Hall–Kier alpha value is -3.24. The number of methoxy groups -OCH3 is 1. The Balaban J connectivity index is 1.52. The maximum atomic E-state index is 14.5. The molecule has 1 fully saturated rings. The van der Waals surface area contributed by atoms with Crippen LogP contribution < -0.4 is 20.3 Å². The van der Waals surface area contributed by atoms with E-state index in [1.165, 1.54) is 17.4 Å². The van der Waals surface area contributed by atoms with Crippen molar-refractivity contribution in [1.82, 2.24) is 20.1 Å². The zero-order valence-corrected chi connectivity index (χ0v) is 19.7. The van der Waals surface area contributed by atoms with Gasteiger partial charge in [-0.3, -0.25) is 9.48 Å². The summed E-state index contributed by atoms with van der Waals surface area (Å²) < 4.78 is 22.3. The molecule has 3 heterocycles. The van der Waals surface area contributed by atoms with Crippen LogP contribution in [0.4, 0.5) is 15.8 Å². The van der Waals surface area contributed by atoms with Gasteiger partial charge in [0.25, 0.3) is 11.1 Å². The maximum Gasteiger partial charge on any atom is 0.274 e. The van der Waals surface area contributed by atoms with Crippen molar-refractivity contribution in [2.45, 2.75) is 25.9 Å². The van der Waals surface area contributed by atoms with Crippen molar-refractivity contribution < 1.29 is 13.9 Å². The minimum atomic E-state index is -0.485. The molecule has 0 unspecified atom stereocenters. The summed E-state index contributed by atoms with van der Waals surface area (Å²) in [5.74, 6) is -0.842. The van der Waals surface area contributed by atoms with Crippen molar-refractivity contribution in [1.29, 1.82) is 0 Å². The summed E-state index contributed by atoms with van der Waals surface area (Å²) in [6.45, 7) is 6.03. The number of ether oxygens (including phenoxy) is 1. The van der Waals surface area contributed by atoms with Crippen LogP contribution in [0.25, 0.3) is 21.1 Å². The number of thiazole rings is 1. The van der Waals surface area contributed by atoms with Gasteiger partial charge in [-0.2, -0.15) is 5.10 Å². The van der Waals surface area contributed by atoms with Gasteiger partial charge in [-0.05, 0) is 38.1 Å². The number of nitrogens with one attached hydrogen (secondary N) is 2. The van der Waals surface area contributed by atoms with Gasteiger partial charge < -0.3 is 20.3 Å². The van der Waals surface area contributed by atoms with Gasteiger partial charge in [-0.15, -0.1) is 0 Å². The molecule has 10 heteroatoms. The molecule has 8 nitrogen and oxygen atoms in total. The molecule has 0 aliphatic carbocycles. The lowest BCUT2D eigenvalue weighted by atomic mass is 10.1. The lowest BCUT2D eigenvalue weighted by Gasteiger charge is -2.37. The maximum absolute atomic E-state index is 14.5. The number of carbonyl (C=O) groups excluding carboxylic acids is 1. The van der Waals surface area contributed by atoms with Gasteiger partial charge in [0.1, 0.15) is 11.0 Å². The monoisotopic (exact) mass is 468 g/mol. The quantitative estimate of drug-likeness (QED) is 0.474. The summed E-state index contributed by atoms with van der Waals surface area (Å²) in [7, 11) is 3.30. The number of carbonyl (C=O) groups is 1. The summed E-state index contributed by atoms with van der Waals surface area (Å²) in [5, 5.41) is 11.6. The molecule has 2 aromatic heterocycles. The Morgan fingerprint density at radius 2 is 2.00 bits per heavy atom. The fraction of sp³-hybridized carbons (Fsp3) is 0.348. The van der Waals surface area contributed by atoms with Gasteiger partial charge in [0.05, 0.1) is 23.1 Å². The number of aryl methyl sites for hydroxylation is 1. The van der Waals surface area contributed by atoms with Crippen LogP contribution in [0.1, 0.15) is 24.2 Å². The summed E-state index contributed by atoms with van der Waals surface area (Å²) in [4.78, 5) is 20.1. The van der Waals surface area contributed by atoms with Crippen molar-refractivity contribution >= 4 is 49.7 Å². The first kappa shape index (κ1) is 21.6. The highest BCUT2D eigenvalue weighted by Gasteiger charge is 2.26. The normalized spacial score (nSPS) is 18.8.